The van der Waals surface area contributed by atoms with Gasteiger partial charge >= 0.3 is 0 Å². The fourth-order valence-electron chi connectivity index (χ4n) is 8.82. The smallest absolute Gasteiger partial charge is 0.229 e. The first kappa shape index (κ1) is 36.6. The quantitative estimate of drug-likeness (QED) is 0.142. The number of hydrogen-bond acceptors (Lipinski definition) is 6. The third kappa shape index (κ3) is 6.23. The first-order valence-electron chi connectivity index (χ1n) is 20.4. The molecule has 0 saturated carbocycles. The number of aryl methyl sites for hydroxylation is 1. The molecule has 7 nitrogen and oxygen atoms in total. The van der Waals surface area contributed by atoms with Gasteiger partial charge in [-0.1, -0.05) is 109 Å². The Morgan fingerprint density at radius 3 is 1.23 bits per heavy atom. The lowest BCUT2D eigenvalue weighted by Gasteiger charge is -2.13. The van der Waals surface area contributed by atoms with Crippen molar-refractivity contribution in [1.29, 1.82) is 0 Å². The minimum atomic E-state index is -0.215. The molecule has 0 aliphatic rings. The van der Waals surface area contributed by atoms with Gasteiger partial charge in [0.1, 0.15) is 22.8 Å². The molecular formula is C55H35N5O2. The second kappa shape index (κ2) is 15.0. The van der Waals surface area contributed by atoms with Gasteiger partial charge in [-0.2, -0.15) is 0 Å². The van der Waals surface area contributed by atoms with E-state index in [2.05, 4.69) is 119 Å². The van der Waals surface area contributed by atoms with E-state index in [0.29, 0.717) is 22.8 Å². The Morgan fingerprint density at radius 2 is 0.806 bits per heavy atom. The molecular weight excluding hydrogens is 763 g/mol. The first-order chi connectivity index (χ1) is 30.5. The summed E-state index contributed by atoms with van der Waals surface area (Å²) in [6, 6.07) is 60.5. The van der Waals surface area contributed by atoms with Crippen LogP contribution in [0.15, 0.2) is 194 Å². The molecule has 62 heavy (non-hydrogen) atoms. The minimum Gasteiger partial charge on any atom is -0.344 e. The summed E-state index contributed by atoms with van der Waals surface area (Å²) in [6.07, 6.45) is 3.24. The Labute approximate surface area is 356 Å². The van der Waals surface area contributed by atoms with E-state index in [9.17, 15) is 9.59 Å². The molecule has 0 amide bonds. The van der Waals surface area contributed by atoms with Gasteiger partial charge in [-0.05, 0) is 117 Å². The maximum Gasteiger partial charge on any atom is 0.229 e. The Kier molecular flexibility index (Phi) is 8.86. The van der Waals surface area contributed by atoms with Crippen molar-refractivity contribution in [2.45, 2.75) is 0 Å². The summed E-state index contributed by atoms with van der Waals surface area (Å²) in [7, 11) is 2.12. The van der Waals surface area contributed by atoms with Crippen LogP contribution in [0.4, 0.5) is 0 Å². The van der Waals surface area contributed by atoms with Crippen LogP contribution < -0.4 is 0 Å². The van der Waals surface area contributed by atoms with Gasteiger partial charge < -0.3 is 4.57 Å². The summed E-state index contributed by atoms with van der Waals surface area (Å²) in [6.45, 7) is 0. The van der Waals surface area contributed by atoms with E-state index < -0.39 is 0 Å². The van der Waals surface area contributed by atoms with E-state index in [1.807, 2.05) is 48.5 Å². The van der Waals surface area contributed by atoms with Crippen LogP contribution in [0.3, 0.4) is 0 Å². The Morgan fingerprint density at radius 1 is 0.403 bits per heavy atom. The summed E-state index contributed by atoms with van der Waals surface area (Å²) in [5.41, 5.74) is 11.3. The predicted molar refractivity (Wildman–Crippen MR) is 248 cm³/mol. The summed E-state index contributed by atoms with van der Waals surface area (Å²) >= 11 is 0. The summed E-state index contributed by atoms with van der Waals surface area (Å²) in [5, 5.41) is 6.56. The normalized spacial score (nSPS) is 11.4. The number of pyridine rings is 4. The lowest BCUT2D eigenvalue weighted by atomic mass is 9.91. The van der Waals surface area contributed by atoms with Crippen molar-refractivity contribution in [2.75, 3.05) is 0 Å². The third-order valence-electron chi connectivity index (χ3n) is 11.7. The van der Waals surface area contributed by atoms with E-state index in [4.69, 9.17) is 9.97 Å². The molecule has 0 spiro atoms. The number of rotatable bonds is 8. The predicted octanol–water partition coefficient (Wildman–Crippen LogP) is 12.3. The van der Waals surface area contributed by atoms with Gasteiger partial charge in [0.25, 0.3) is 0 Å². The molecule has 5 aromatic heterocycles. The number of nitrogens with zero attached hydrogens (tertiary/aromatic N) is 5. The van der Waals surface area contributed by atoms with Crippen LogP contribution >= 0.6 is 0 Å². The van der Waals surface area contributed by atoms with Gasteiger partial charge in [0.2, 0.25) is 11.6 Å². The molecule has 0 aliphatic heterocycles. The van der Waals surface area contributed by atoms with Crippen molar-refractivity contribution in [3.63, 3.8) is 0 Å². The number of hydrogen-bond donors (Lipinski definition) is 0. The number of carbonyl (C=O) groups excluding carboxylic acids is 2. The summed E-state index contributed by atoms with van der Waals surface area (Å²) < 4.78 is 2.25. The van der Waals surface area contributed by atoms with Crippen LogP contribution in [0, 0.1) is 0 Å². The number of benzene rings is 6. The zero-order valence-corrected chi connectivity index (χ0v) is 33.5. The van der Waals surface area contributed by atoms with Crippen molar-refractivity contribution < 1.29 is 9.59 Å². The van der Waals surface area contributed by atoms with Gasteiger partial charge in [-0.25, -0.2) is 9.97 Å². The van der Waals surface area contributed by atoms with Crippen LogP contribution in [0.25, 0.3) is 88.1 Å². The highest BCUT2D eigenvalue weighted by molar-refractivity contribution is 6.15. The Balaban J connectivity index is 1.04. The minimum absolute atomic E-state index is 0.215. The van der Waals surface area contributed by atoms with Crippen LogP contribution in [0.2, 0.25) is 0 Å². The van der Waals surface area contributed by atoms with E-state index in [1.165, 1.54) is 0 Å². The largest absolute Gasteiger partial charge is 0.344 e. The van der Waals surface area contributed by atoms with Gasteiger partial charge in [0.15, 0.2) is 0 Å². The van der Waals surface area contributed by atoms with Crippen LogP contribution in [-0.4, -0.2) is 36.1 Å². The Bertz CT molecular complexity index is 3330. The molecule has 0 fully saturated rings. The molecule has 7 heteroatoms. The van der Waals surface area contributed by atoms with Crippen molar-refractivity contribution in [3.05, 3.63) is 217 Å². The summed E-state index contributed by atoms with van der Waals surface area (Å²) in [4.78, 5) is 45.2. The SMILES string of the molecule is Cn1c2ccc(-c3cccc4cccc(-c5cccc(C(=O)c6ccccn6)n5)c34)cc2c2cc(-c3cccc4cccc(-c5cccc(C(=O)c6ccccn6)n5)c34)ccc21. The summed E-state index contributed by atoms with van der Waals surface area (Å²) in [5.74, 6) is -0.431. The number of aromatic nitrogens is 5. The molecule has 0 unspecified atom stereocenters. The maximum absolute atomic E-state index is 13.4. The monoisotopic (exact) mass is 797 g/mol. The molecule has 0 aliphatic carbocycles. The van der Waals surface area contributed by atoms with Crippen LogP contribution in [0.1, 0.15) is 32.4 Å². The fourth-order valence-corrected chi connectivity index (χ4v) is 8.82. The molecule has 292 valence electrons. The topological polar surface area (TPSA) is 90.6 Å². The van der Waals surface area contributed by atoms with Gasteiger partial charge in [-0.15, -0.1) is 0 Å². The first-order valence-corrected chi connectivity index (χ1v) is 20.4. The van der Waals surface area contributed by atoms with E-state index >= 15 is 0 Å². The lowest BCUT2D eigenvalue weighted by Crippen LogP contribution is -2.06. The number of ketones is 2. The van der Waals surface area contributed by atoms with Gasteiger partial charge in [0, 0.05) is 52.4 Å². The van der Waals surface area contributed by atoms with Crippen LogP contribution in [0.5, 0.6) is 0 Å². The molecule has 0 atom stereocenters. The molecule has 0 bridgehead atoms. The third-order valence-corrected chi connectivity index (χ3v) is 11.7. The highest BCUT2D eigenvalue weighted by Gasteiger charge is 2.19. The van der Waals surface area contributed by atoms with E-state index in [-0.39, 0.29) is 11.6 Å². The standard InChI is InChI=1S/C55H35N5O2/c1-60-50-28-26-36(38-16-6-12-34-14-8-18-40(52(34)38)44-22-10-24-48(58-44)54(61)46-20-2-4-30-56-46)32-42(50)43-33-37(27-29-51(43)60)39-17-7-13-35-15-9-19-41(53(35)39)45-23-11-25-49(59-45)55(62)47-21-3-5-31-57-47/h2-33H,1H3. The fraction of sp³-hybridized carbons (Fsp3) is 0.0182. The highest BCUT2D eigenvalue weighted by Crippen LogP contribution is 2.41. The average molecular weight is 798 g/mol. The number of carbonyl (C=O) groups is 2. The van der Waals surface area contributed by atoms with Crippen molar-refractivity contribution in [2.24, 2.45) is 7.05 Å². The molecule has 11 aromatic rings. The van der Waals surface area contributed by atoms with E-state index in [0.717, 1.165) is 88.1 Å². The maximum atomic E-state index is 13.4. The average Bonchev–Trinajstić information content (AvgIpc) is 3.62. The molecule has 0 N–H and O–H groups in total. The van der Waals surface area contributed by atoms with Crippen molar-refractivity contribution in [3.8, 4) is 44.8 Å². The highest BCUT2D eigenvalue weighted by atomic mass is 16.1. The second-order valence-corrected chi connectivity index (χ2v) is 15.3. The molecule has 0 saturated heterocycles. The molecule has 11 rings (SSSR count). The van der Waals surface area contributed by atoms with Crippen molar-refractivity contribution >= 4 is 54.9 Å². The van der Waals surface area contributed by atoms with Gasteiger partial charge in [-0.3, -0.25) is 19.6 Å². The zero-order valence-electron chi connectivity index (χ0n) is 33.5. The molecule has 5 heterocycles. The van der Waals surface area contributed by atoms with E-state index in [1.54, 1.807) is 48.8 Å². The molecule has 0 radical (unpaired) electrons. The van der Waals surface area contributed by atoms with Crippen LogP contribution in [-0.2, 0) is 7.05 Å². The van der Waals surface area contributed by atoms with Crippen molar-refractivity contribution in [1.82, 2.24) is 24.5 Å². The Hall–Kier alpha value is -8.42. The number of fused-ring (bicyclic) bond motifs is 5. The van der Waals surface area contributed by atoms with Gasteiger partial charge in [0.05, 0.1) is 11.4 Å². The second-order valence-electron chi connectivity index (χ2n) is 15.3. The molecule has 6 aromatic carbocycles. The lowest BCUT2D eigenvalue weighted by molar-refractivity contribution is 0.102. The zero-order chi connectivity index (χ0) is 41.7.